The summed E-state index contributed by atoms with van der Waals surface area (Å²) < 4.78 is 50.5. The van der Waals surface area contributed by atoms with Crippen LogP contribution in [0.25, 0.3) is 5.76 Å². The third-order valence-electron chi connectivity index (χ3n) is 3.15. The molecule has 0 aromatic heterocycles. The Kier molecular flexibility index (Phi) is 7.38. The van der Waals surface area contributed by atoms with Gasteiger partial charge in [0.2, 0.25) is 0 Å². The molecule has 0 aliphatic carbocycles. The molecule has 0 saturated heterocycles. The first-order chi connectivity index (χ1) is 11.8. The molecule has 0 unspecified atom stereocenters. The van der Waals surface area contributed by atoms with Crippen molar-refractivity contribution in [1.82, 2.24) is 5.32 Å². The molecule has 1 aromatic rings. The smallest absolute Gasteiger partial charge is 0.417 e. The van der Waals surface area contributed by atoms with Crippen LogP contribution < -0.4 is 5.32 Å². The number of hydrogen-bond donors (Lipinski definition) is 1. The number of ether oxygens (including phenoxy) is 2. The van der Waals surface area contributed by atoms with Crippen molar-refractivity contribution in [3.63, 3.8) is 0 Å². The normalized spacial score (nSPS) is 11.8. The van der Waals surface area contributed by atoms with Crippen LogP contribution in [0.5, 0.6) is 0 Å². The molecular weight excluding hydrogens is 371 g/mol. The maximum Gasteiger partial charge on any atom is 0.417 e. The zero-order chi connectivity index (χ0) is 20.1. The van der Waals surface area contributed by atoms with Crippen LogP contribution in [-0.4, -0.2) is 24.8 Å². The van der Waals surface area contributed by atoms with Crippen molar-refractivity contribution < 1.29 is 27.4 Å². The first-order valence-electron chi connectivity index (χ1n) is 8.03. The second-order valence-corrected chi connectivity index (χ2v) is 6.96. The summed E-state index contributed by atoms with van der Waals surface area (Å²) in [6, 6.07) is 2.25. The Bertz CT molecular complexity index is 667. The lowest BCUT2D eigenvalue weighted by molar-refractivity contribution is -0.138. The molecule has 8 heteroatoms. The van der Waals surface area contributed by atoms with E-state index in [2.05, 4.69) is 11.9 Å². The predicted octanol–water partition coefficient (Wildman–Crippen LogP) is 5.43. The zero-order valence-electron chi connectivity index (χ0n) is 15.2. The van der Waals surface area contributed by atoms with Gasteiger partial charge in [0.1, 0.15) is 11.4 Å². The van der Waals surface area contributed by atoms with E-state index in [4.69, 9.17) is 21.1 Å². The highest BCUT2D eigenvalue weighted by Crippen LogP contribution is 2.38. The average Bonchev–Trinajstić information content (AvgIpc) is 2.43. The van der Waals surface area contributed by atoms with Gasteiger partial charge in [0.25, 0.3) is 0 Å². The molecule has 1 amide bonds. The van der Waals surface area contributed by atoms with Crippen LogP contribution in [0.1, 0.15) is 44.4 Å². The van der Waals surface area contributed by atoms with Crippen molar-refractivity contribution in [2.24, 2.45) is 0 Å². The number of halogens is 4. The van der Waals surface area contributed by atoms with E-state index in [0.717, 1.165) is 6.07 Å². The van der Waals surface area contributed by atoms with Gasteiger partial charge in [-0.3, -0.25) is 0 Å². The molecule has 0 aliphatic heterocycles. The Hall–Kier alpha value is -1.89. The molecule has 0 radical (unpaired) electrons. The zero-order valence-corrected chi connectivity index (χ0v) is 16.0. The fraction of sp³-hybridized carbons (Fsp3) is 0.500. The molecule has 0 spiro atoms. The van der Waals surface area contributed by atoms with Gasteiger partial charge >= 0.3 is 12.3 Å². The topological polar surface area (TPSA) is 47.6 Å². The second-order valence-electron chi connectivity index (χ2n) is 6.52. The lowest BCUT2D eigenvalue weighted by Crippen LogP contribution is -2.33. The van der Waals surface area contributed by atoms with Gasteiger partial charge in [-0.2, -0.15) is 13.2 Å². The van der Waals surface area contributed by atoms with Crippen LogP contribution in [0, 0.1) is 0 Å². The Morgan fingerprint density at radius 3 is 2.38 bits per heavy atom. The SMILES string of the molecule is C=C(OCC)c1c(CCNC(=O)OC(C)(C)C)cc(Cl)cc1C(F)(F)F. The van der Waals surface area contributed by atoms with Gasteiger partial charge in [-0.1, -0.05) is 18.2 Å². The number of carbonyl (C=O) groups is 1. The summed E-state index contributed by atoms with van der Waals surface area (Å²) in [6.07, 6.45) is -5.17. The average molecular weight is 394 g/mol. The fourth-order valence-electron chi connectivity index (χ4n) is 2.27. The largest absolute Gasteiger partial charge is 0.494 e. The van der Waals surface area contributed by atoms with Gasteiger partial charge in [0.15, 0.2) is 0 Å². The summed E-state index contributed by atoms with van der Waals surface area (Å²) in [6.45, 7) is 10.6. The molecule has 0 heterocycles. The summed E-state index contributed by atoms with van der Waals surface area (Å²) in [4.78, 5) is 11.7. The Morgan fingerprint density at radius 2 is 1.88 bits per heavy atom. The van der Waals surface area contributed by atoms with Crippen molar-refractivity contribution in [3.8, 4) is 0 Å². The van der Waals surface area contributed by atoms with Crippen molar-refractivity contribution >= 4 is 23.5 Å². The minimum atomic E-state index is -4.62. The van der Waals surface area contributed by atoms with Crippen LogP contribution in [0.4, 0.5) is 18.0 Å². The molecular formula is C18H23ClF3NO3. The summed E-state index contributed by atoms with van der Waals surface area (Å²) in [7, 11) is 0. The number of hydrogen-bond acceptors (Lipinski definition) is 3. The first kappa shape index (κ1) is 22.2. The number of carbonyl (C=O) groups excluding carboxylic acids is 1. The summed E-state index contributed by atoms with van der Waals surface area (Å²) in [5, 5.41) is 2.45. The molecule has 146 valence electrons. The minimum absolute atomic E-state index is 0.0577. The van der Waals surface area contributed by atoms with Crippen LogP contribution in [0.2, 0.25) is 5.02 Å². The Morgan fingerprint density at radius 1 is 1.27 bits per heavy atom. The van der Waals surface area contributed by atoms with Gasteiger partial charge in [0.05, 0.1) is 12.2 Å². The summed E-state index contributed by atoms with van der Waals surface area (Å²) in [5.41, 5.74) is -1.47. The quantitative estimate of drug-likeness (QED) is 0.655. The molecule has 1 rings (SSSR count). The van der Waals surface area contributed by atoms with Gasteiger partial charge in [-0.05, 0) is 51.8 Å². The summed E-state index contributed by atoms with van der Waals surface area (Å²) >= 11 is 5.86. The number of nitrogens with one attached hydrogen (secondary N) is 1. The molecule has 4 nitrogen and oxygen atoms in total. The highest BCUT2D eigenvalue weighted by atomic mass is 35.5. The van der Waals surface area contributed by atoms with Gasteiger partial charge in [-0.25, -0.2) is 4.79 Å². The van der Waals surface area contributed by atoms with Crippen molar-refractivity contribution in [3.05, 3.63) is 40.4 Å². The first-order valence-corrected chi connectivity index (χ1v) is 8.41. The van der Waals surface area contributed by atoms with E-state index in [-0.39, 0.29) is 41.5 Å². The second kappa shape index (κ2) is 8.66. The van der Waals surface area contributed by atoms with E-state index < -0.39 is 23.4 Å². The molecule has 0 saturated carbocycles. The molecule has 1 aromatic carbocycles. The molecule has 1 N–H and O–H groups in total. The molecule has 0 fully saturated rings. The fourth-order valence-corrected chi connectivity index (χ4v) is 2.51. The lowest BCUT2D eigenvalue weighted by atomic mass is 9.97. The molecule has 0 atom stereocenters. The molecule has 0 bridgehead atoms. The van der Waals surface area contributed by atoms with Gasteiger partial charge in [-0.15, -0.1) is 0 Å². The number of amides is 1. The van der Waals surface area contributed by atoms with E-state index in [1.54, 1.807) is 27.7 Å². The maximum absolute atomic E-state index is 13.4. The summed E-state index contributed by atoms with van der Waals surface area (Å²) in [5.74, 6) is -0.0937. The van der Waals surface area contributed by atoms with E-state index >= 15 is 0 Å². The van der Waals surface area contributed by atoms with E-state index in [1.165, 1.54) is 6.07 Å². The number of benzene rings is 1. The van der Waals surface area contributed by atoms with Crippen molar-refractivity contribution in [1.29, 1.82) is 0 Å². The molecule has 26 heavy (non-hydrogen) atoms. The number of alkyl carbamates (subject to hydrolysis) is 1. The third-order valence-corrected chi connectivity index (χ3v) is 3.37. The van der Waals surface area contributed by atoms with E-state index in [0.29, 0.717) is 0 Å². The van der Waals surface area contributed by atoms with Crippen LogP contribution in [-0.2, 0) is 22.1 Å². The highest BCUT2D eigenvalue weighted by Gasteiger charge is 2.36. The highest BCUT2D eigenvalue weighted by molar-refractivity contribution is 6.30. The standard InChI is InChI=1S/C18H23ClF3NO3/c1-6-25-11(2)15-12(7-8-23-16(24)26-17(3,4)5)9-13(19)10-14(15)18(20,21)22/h9-10H,2,6-8H2,1,3-5H3,(H,23,24). The van der Waals surface area contributed by atoms with E-state index in [1.807, 2.05) is 0 Å². The van der Waals surface area contributed by atoms with Gasteiger partial charge in [0, 0.05) is 17.1 Å². The minimum Gasteiger partial charge on any atom is -0.494 e. The van der Waals surface area contributed by atoms with Crippen molar-refractivity contribution in [2.45, 2.75) is 45.9 Å². The molecule has 0 aliphatic rings. The number of alkyl halides is 3. The Balaban J connectivity index is 3.08. The van der Waals surface area contributed by atoms with Crippen molar-refractivity contribution in [2.75, 3.05) is 13.2 Å². The lowest BCUT2D eigenvalue weighted by Gasteiger charge is -2.21. The number of rotatable bonds is 6. The van der Waals surface area contributed by atoms with Crippen LogP contribution in [0.3, 0.4) is 0 Å². The predicted molar refractivity (Wildman–Crippen MR) is 95.1 cm³/mol. The van der Waals surface area contributed by atoms with Crippen LogP contribution in [0.15, 0.2) is 18.7 Å². The maximum atomic E-state index is 13.4. The van der Waals surface area contributed by atoms with E-state index in [9.17, 15) is 18.0 Å². The van der Waals surface area contributed by atoms with Crippen LogP contribution >= 0.6 is 11.6 Å². The third kappa shape index (κ3) is 6.78. The van der Waals surface area contributed by atoms with Gasteiger partial charge < -0.3 is 14.8 Å². The Labute approximate surface area is 156 Å². The monoisotopic (exact) mass is 393 g/mol.